The number of nitrogens with two attached hydrogens (primary N) is 1. The Bertz CT molecular complexity index is 1260. The maximum atomic E-state index is 13.7. The molecule has 0 spiro atoms. The fourth-order valence-corrected chi connectivity index (χ4v) is 5.29. The van der Waals surface area contributed by atoms with Crippen LogP contribution in [0.25, 0.3) is 0 Å². The summed E-state index contributed by atoms with van der Waals surface area (Å²) in [4.78, 5) is 15.4. The van der Waals surface area contributed by atoms with Crippen LogP contribution in [-0.2, 0) is 26.8 Å². The molecule has 172 valence electrons. The van der Waals surface area contributed by atoms with E-state index in [4.69, 9.17) is 15.6 Å². The van der Waals surface area contributed by atoms with Crippen LogP contribution in [0.4, 0.5) is 4.39 Å². The number of carboxylic acid groups (broad SMARTS) is 1. The first-order valence-electron chi connectivity index (χ1n) is 10.1. The molecule has 10 heteroatoms. The first kappa shape index (κ1) is 22.8. The summed E-state index contributed by atoms with van der Waals surface area (Å²) in [5.41, 5.74) is 5.53. The molecule has 33 heavy (non-hydrogen) atoms. The molecule has 4 rings (SSSR count). The molecule has 8 nitrogen and oxygen atoms in total. The van der Waals surface area contributed by atoms with Crippen LogP contribution in [0.1, 0.15) is 11.3 Å². The van der Waals surface area contributed by atoms with Gasteiger partial charge in [-0.15, -0.1) is 0 Å². The Morgan fingerprint density at radius 3 is 2.58 bits per heavy atom. The molecular weight excluding hydrogens is 449 g/mol. The molecular formula is C23H22FN3O5S. The van der Waals surface area contributed by atoms with Gasteiger partial charge in [0.1, 0.15) is 17.6 Å². The maximum Gasteiger partial charge on any atom is 0.320 e. The monoisotopic (exact) mass is 471 g/mol. The summed E-state index contributed by atoms with van der Waals surface area (Å²) in [7, 11) is -3.90. The SMILES string of the molecule is NC(Cc1cccc(S(=O)(=O)N2CC(Oc3cccc(F)c3)(c3ccccn3)C2)c1)C(=O)O. The van der Waals surface area contributed by atoms with E-state index in [2.05, 4.69) is 4.98 Å². The highest BCUT2D eigenvalue weighted by Gasteiger charge is 2.53. The normalized spacial score (nSPS) is 16.5. The Morgan fingerprint density at radius 2 is 1.91 bits per heavy atom. The third-order valence-electron chi connectivity index (χ3n) is 5.41. The maximum absolute atomic E-state index is 13.7. The zero-order valence-electron chi connectivity index (χ0n) is 17.5. The number of carboxylic acids is 1. The van der Waals surface area contributed by atoms with E-state index >= 15 is 0 Å². The van der Waals surface area contributed by atoms with E-state index in [-0.39, 0.29) is 30.2 Å². The van der Waals surface area contributed by atoms with Gasteiger partial charge < -0.3 is 15.6 Å². The molecule has 1 aliphatic heterocycles. The van der Waals surface area contributed by atoms with Crippen LogP contribution in [0.3, 0.4) is 0 Å². The van der Waals surface area contributed by atoms with Gasteiger partial charge in [-0.2, -0.15) is 4.31 Å². The highest BCUT2D eigenvalue weighted by Crippen LogP contribution is 2.39. The van der Waals surface area contributed by atoms with Crippen LogP contribution in [0, 0.1) is 5.82 Å². The molecule has 0 saturated carbocycles. The number of carbonyl (C=O) groups is 1. The second-order valence-corrected chi connectivity index (χ2v) is 9.78. The fourth-order valence-electron chi connectivity index (χ4n) is 3.68. The molecule has 2 aromatic carbocycles. The Labute approximate surface area is 190 Å². The zero-order chi connectivity index (χ0) is 23.6. The molecule has 0 amide bonds. The third-order valence-corrected chi connectivity index (χ3v) is 7.20. The minimum absolute atomic E-state index is 0.000745. The Balaban J connectivity index is 1.59. The summed E-state index contributed by atoms with van der Waals surface area (Å²) < 4.78 is 47.5. The number of aliphatic carboxylic acids is 1. The van der Waals surface area contributed by atoms with Crippen LogP contribution in [0.2, 0.25) is 0 Å². The summed E-state index contributed by atoms with van der Waals surface area (Å²) in [6, 6.07) is 15.8. The number of sulfonamides is 1. The predicted molar refractivity (Wildman–Crippen MR) is 117 cm³/mol. The molecule has 0 radical (unpaired) electrons. The molecule has 1 aromatic heterocycles. The summed E-state index contributed by atoms with van der Waals surface area (Å²) in [6.45, 7) is -0.0521. The van der Waals surface area contributed by atoms with E-state index < -0.39 is 33.5 Å². The third kappa shape index (κ3) is 4.72. The number of rotatable bonds is 8. The van der Waals surface area contributed by atoms with Gasteiger partial charge in [0.15, 0.2) is 5.60 Å². The van der Waals surface area contributed by atoms with Gasteiger partial charge in [0.25, 0.3) is 0 Å². The van der Waals surface area contributed by atoms with Gasteiger partial charge >= 0.3 is 5.97 Å². The van der Waals surface area contributed by atoms with Gasteiger partial charge in [0.05, 0.1) is 23.7 Å². The number of hydrogen-bond donors (Lipinski definition) is 2. The van der Waals surface area contributed by atoms with Gasteiger partial charge in [-0.1, -0.05) is 24.3 Å². The smallest absolute Gasteiger partial charge is 0.320 e. The van der Waals surface area contributed by atoms with Crippen LogP contribution in [0.5, 0.6) is 5.75 Å². The highest BCUT2D eigenvalue weighted by molar-refractivity contribution is 7.89. The quantitative estimate of drug-likeness (QED) is 0.516. The molecule has 1 fully saturated rings. The van der Waals surface area contributed by atoms with Crippen molar-refractivity contribution in [3.05, 3.63) is 90.0 Å². The zero-order valence-corrected chi connectivity index (χ0v) is 18.3. The highest BCUT2D eigenvalue weighted by atomic mass is 32.2. The summed E-state index contributed by atoms with van der Waals surface area (Å²) in [5.74, 6) is -1.37. The van der Waals surface area contributed by atoms with Gasteiger partial charge in [-0.05, 0) is 48.4 Å². The van der Waals surface area contributed by atoms with Crippen molar-refractivity contribution in [2.24, 2.45) is 5.73 Å². The van der Waals surface area contributed by atoms with Crippen molar-refractivity contribution in [1.29, 1.82) is 0 Å². The topological polar surface area (TPSA) is 123 Å². The van der Waals surface area contributed by atoms with E-state index in [1.54, 1.807) is 42.6 Å². The van der Waals surface area contributed by atoms with Crippen molar-refractivity contribution in [2.45, 2.75) is 23.0 Å². The lowest BCUT2D eigenvalue weighted by Gasteiger charge is -2.48. The molecule has 1 unspecified atom stereocenters. The van der Waals surface area contributed by atoms with Crippen molar-refractivity contribution in [2.75, 3.05) is 13.1 Å². The van der Waals surface area contributed by atoms with Gasteiger partial charge in [0.2, 0.25) is 10.0 Å². The molecule has 1 saturated heterocycles. The molecule has 0 aliphatic carbocycles. The first-order valence-corrected chi connectivity index (χ1v) is 11.6. The van der Waals surface area contributed by atoms with Crippen molar-refractivity contribution < 1.29 is 27.4 Å². The number of aromatic nitrogens is 1. The van der Waals surface area contributed by atoms with Crippen LogP contribution >= 0.6 is 0 Å². The van der Waals surface area contributed by atoms with Gasteiger partial charge in [0, 0.05) is 12.3 Å². The molecule has 2 heterocycles. The van der Waals surface area contributed by atoms with Crippen molar-refractivity contribution in [3.8, 4) is 5.75 Å². The molecule has 1 aliphatic rings. The second-order valence-electron chi connectivity index (χ2n) is 7.84. The Kier molecular flexibility index (Phi) is 6.15. The lowest BCUT2D eigenvalue weighted by molar-refractivity contribution is -0.138. The van der Waals surface area contributed by atoms with Crippen molar-refractivity contribution >= 4 is 16.0 Å². The van der Waals surface area contributed by atoms with Crippen molar-refractivity contribution in [1.82, 2.24) is 9.29 Å². The number of nitrogens with zero attached hydrogens (tertiary/aromatic N) is 2. The van der Waals surface area contributed by atoms with Gasteiger partial charge in [-0.3, -0.25) is 9.78 Å². The largest absolute Gasteiger partial charge is 0.480 e. The molecule has 3 N–H and O–H groups in total. The number of benzene rings is 2. The average Bonchev–Trinajstić information content (AvgIpc) is 2.76. The molecule has 1 atom stereocenters. The lowest BCUT2D eigenvalue weighted by atomic mass is 9.92. The number of halogens is 1. The van der Waals surface area contributed by atoms with E-state index in [0.29, 0.717) is 11.3 Å². The fraction of sp³-hybridized carbons (Fsp3) is 0.217. The summed E-state index contributed by atoms with van der Waals surface area (Å²) in [5, 5.41) is 9.02. The van der Waals surface area contributed by atoms with Crippen LogP contribution in [-0.4, -0.2) is 47.9 Å². The van der Waals surface area contributed by atoms with E-state index in [9.17, 15) is 17.6 Å². The first-order chi connectivity index (χ1) is 15.7. The van der Waals surface area contributed by atoms with Crippen LogP contribution < -0.4 is 10.5 Å². The van der Waals surface area contributed by atoms with E-state index in [1.807, 2.05) is 0 Å². The number of ether oxygens (including phenoxy) is 1. The standard InChI is InChI=1S/C23H22FN3O5S/c24-17-6-4-7-18(13-17)32-23(21-9-1-2-10-26-21)14-27(15-23)33(30,31)19-8-3-5-16(11-19)12-20(25)22(28)29/h1-11,13,20H,12,14-15,25H2,(H,28,29). The second kappa shape index (κ2) is 8.89. The summed E-state index contributed by atoms with van der Waals surface area (Å²) in [6.07, 6.45) is 1.58. The lowest BCUT2D eigenvalue weighted by Crippen LogP contribution is -2.64. The predicted octanol–water partition coefficient (Wildman–Crippen LogP) is 2.15. The minimum Gasteiger partial charge on any atom is -0.480 e. The number of pyridine rings is 1. The average molecular weight is 472 g/mol. The minimum atomic E-state index is -3.90. The summed E-state index contributed by atoms with van der Waals surface area (Å²) >= 11 is 0. The molecule has 0 bridgehead atoms. The van der Waals surface area contributed by atoms with Crippen molar-refractivity contribution in [3.63, 3.8) is 0 Å². The Hall–Kier alpha value is -3.34. The van der Waals surface area contributed by atoms with Crippen LogP contribution in [0.15, 0.2) is 77.8 Å². The molecule has 3 aromatic rings. The number of hydrogen-bond acceptors (Lipinski definition) is 6. The van der Waals surface area contributed by atoms with Gasteiger partial charge in [-0.25, -0.2) is 12.8 Å². The Morgan fingerprint density at radius 1 is 1.15 bits per heavy atom. The van der Waals surface area contributed by atoms with E-state index in [0.717, 1.165) is 0 Å². The van der Waals surface area contributed by atoms with E-state index in [1.165, 1.54) is 34.6 Å².